The number of nitrogens with zero attached hydrogens (tertiary/aromatic N) is 2. The second-order valence-electron chi connectivity index (χ2n) is 8.90. The molecular weight excluding hydrogens is 440 g/mol. The Morgan fingerprint density at radius 2 is 1.64 bits per heavy atom. The summed E-state index contributed by atoms with van der Waals surface area (Å²) in [7, 11) is -3.41. The predicted octanol–water partition coefficient (Wildman–Crippen LogP) is 3.54. The first kappa shape index (κ1) is 22.2. The Morgan fingerprint density at radius 3 is 2.39 bits per heavy atom. The van der Waals surface area contributed by atoms with E-state index < -0.39 is 10.0 Å². The number of benzene rings is 2. The molecule has 2 aromatic carbocycles. The first-order chi connectivity index (χ1) is 16.0. The van der Waals surface area contributed by atoms with Crippen LogP contribution in [0.4, 0.5) is 0 Å². The van der Waals surface area contributed by atoms with Gasteiger partial charge in [0, 0.05) is 26.1 Å². The first-order valence-corrected chi connectivity index (χ1v) is 13.2. The van der Waals surface area contributed by atoms with E-state index in [4.69, 9.17) is 9.47 Å². The highest BCUT2D eigenvalue weighted by Crippen LogP contribution is 2.38. The van der Waals surface area contributed by atoms with E-state index in [0.717, 1.165) is 54.9 Å². The summed E-state index contributed by atoms with van der Waals surface area (Å²) in [5.74, 6) is 1.64. The van der Waals surface area contributed by atoms with Gasteiger partial charge in [-0.15, -0.1) is 0 Å². The van der Waals surface area contributed by atoms with Crippen molar-refractivity contribution in [3.63, 3.8) is 0 Å². The number of likely N-dealkylation sites (tertiary alicyclic amines) is 1. The van der Waals surface area contributed by atoms with Gasteiger partial charge in [0.2, 0.25) is 15.9 Å². The molecule has 2 saturated heterocycles. The van der Waals surface area contributed by atoms with E-state index in [1.54, 1.807) is 16.4 Å². The van der Waals surface area contributed by atoms with Crippen molar-refractivity contribution < 1.29 is 22.7 Å². The van der Waals surface area contributed by atoms with Gasteiger partial charge in [0.25, 0.3) is 0 Å². The fraction of sp³-hybridized carbons (Fsp3) is 0.480. The van der Waals surface area contributed by atoms with Gasteiger partial charge < -0.3 is 14.4 Å². The van der Waals surface area contributed by atoms with Gasteiger partial charge in [-0.3, -0.25) is 4.79 Å². The third-order valence-electron chi connectivity index (χ3n) is 6.78. The minimum absolute atomic E-state index is 0.0568. The lowest BCUT2D eigenvalue weighted by Crippen LogP contribution is -2.30. The number of rotatable bonds is 6. The molecule has 0 bridgehead atoms. The van der Waals surface area contributed by atoms with Gasteiger partial charge in [0.1, 0.15) is 13.2 Å². The number of sulfonamides is 1. The Balaban J connectivity index is 1.21. The molecule has 2 fully saturated rings. The molecule has 176 valence electrons. The molecule has 0 N–H and O–H groups in total. The van der Waals surface area contributed by atoms with Crippen LogP contribution in [0, 0.1) is 0 Å². The average molecular weight is 471 g/mol. The average Bonchev–Trinajstić information content (AvgIpc) is 3.55. The summed E-state index contributed by atoms with van der Waals surface area (Å²) in [6.07, 6.45) is 4.75. The molecule has 1 amide bonds. The molecule has 0 aromatic heterocycles. The molecule has 0 saturated carbocycles. The molecule has 5 rings (SSSR count). The Hall–Kier alpha value is -2.58. The first-order valence-electron chi connectivity index (χ1n) is 11.8. The summed E-state index contributed by atoms with van der Waals surface area (Å²) in [5, 5.41) is 0. The standard InChI is InChI=1S/C25H30N2O5S/c28-25(12-7-19-5-9-21(10-6-19)33(29,30)26-13-1-2-14-26)27-15-3-4-22(27)20-8-11-23-24(18-20)32-17-16-31-23/h5-6,8-11,18,22H,1-4,7,12-17H2. The highest BCUT2D eigenvalue weighted by Gasteiger charge is 2.31. The third kappa shape index (κ3) is 4.59. The molecule has 0 spiro atoms. The van der Waals surface area contributed by atoms with Crippen LogP contribution in [0.1, 0.15) is 49.3 Å². The number of carbonyl (C=O) groups is 1. The van der Waals surface area contributed by atoms with E-state index >= 15 is 0 Å². The number of hydrogen-bond acceptors (Lipinski definition) is 5. The van der Waals surface area contributed by atoms with Gasteiger partial charge in [-0.1, -0.05) is 18.2 Å². The Morgan fingerprint density at radius 1 is 0.909 bits per heavy atom. The molecular formula is C25H30N2O5S. The van der Waals surface area contributed by atoms with Crippen LogP contribution >= 0.6 is 0 Å². The number of ether oxygens (including phenoxy) is 2. The van der Waals surface area contributed by atoms with Crippen LogP contribution in [-0.4, -0.2) is 56.4 Å². The van der Waals surface area contributed by atoms with Gasteiger partial charge in [0.05, 0.1) is 10.9 Å². The zero-order chi connectivity index (χ0) is 22.8. The second kappa shape index (κ2) is 9.35. The summed E-state index contributed by atoms with van der Waals surface area (Å²) < 4.78 is 38.3. The van der Waals surface area contributed by atoms with Gasteiger partial charge in [-0.05, 0) is 67.5 Å². The van der Waals surface area contributed by atoms with Crippen molar-refractivity contribution in [2.75, 3.05) is 32.8 Å². The van der Waals surface area contributed by atoms with Crippen molar-refractivity contribution in [3.05, 3.63) is 53.6 Å². The highest BCUT2D eigenvalue weighted by molar-refractivity contribution is 7.89. The lowest BCUT2D eigenvalue weighted by Gasteiger charge is -2.27. The van der Waals surface area contributed by atoms with Crippen molar-refractivity contribution in [3.8, 4) is 11.5 Å². The summed E-state index contributed by atoms with van der Waals surface area (Å²) in [5.41, 5.74) is 2.06. The largest absolute Gasteiger partial charge is 0.486 e. The number of amides is 1. The van der Waals surface area contributed by atoms with Gasteiger partial charge >= 0.3 is 0 Å². The van der Waals surface area contributed by atoms with Crippen LogP contribution in [0.2, 0.25) is 0 Å². The molecule has 0 radical (unpaired) electrons. The number of hydrogen-bond donors (Lipinski definition) is 0. The molecule has 33 heavy (non-hydrogen) atoms. The second-order valence-corrected chi connectivity index (χ2v) is 10.8. The van der Waals surface area contributed by atoms with E-state index in [2.05, 4.69) is 0 Å². The quantitative estimate of drug-likeness (QED) is 0.646. The normalized spacial score (nSPS) is 20.8. The Labute approximate surface area is 195 Å². The van der Waals surface area contributed by atoms with Crippen molar-refractivity contribution in [1.82, 2.24) is 9.21 Å². The summed E-state index contributed by atoms with van der Waals surface area (Å²) >= 11 is 0. The lowest BCUT2D eigenvalue weighted by atomic mass is 10.0. The Kier molecular flexibility index (Phi) is 6.29. The van der Waals surface area contributed by atoms with Crippen LogP contribution in [0.15, 0.2) is 47.4 Å². The van der Waals surface area contributed by atoms with Gasteiger partial charge in [-0.2, -0.15) is 4.31 Å². The van der Waals surface area contributed by atoms with Gasteiger partial charge in [-0.25, -0.2) is 8.42 Å². The number of carbonyl (C=O) groups excluding carboxylic acids is 1. The molecule has 8 heteroatoms. The van der Waals surface area contributed by atoms with Crippen LogP contribution in [0.5, 0.6) is 11.5 Å². The highest BCUT2D eigenvalue weighted by atomic mass is 32.2. The van der Waals surface area contributed by atoms with Crippen LogP contribution in [0.3, 0.4) is 0 Å². The zero-order valence-electron chi connectivity index (χ0n) is 18.7. The van der Waals surface area contributed by atoms with E-state index in [1.807, 2.05) is 35.2 Å². The maximum Gasteiger partial charge on any atom is 0.243 e. The predicted molar refractivity (Wildman–Crippen MR) is 124 cm³/mol. The molecule has 1 atom stereocenters. The third-order valence-corrected chi connectivity index (χ3v) is 8.69. The van der Waals surface area contributed by atoms with E-state index in [9.17, 15) is 13.2 Å². The molecule has 3 aliphatic rings. The molecule has 3 aliphatic heterocycles. The van der Waals surface area contributed by atoms with Gasteiger partial charge in [0.15, 0.2) is 11.5 Å². The van der Waals surface area contributed by atoms with Crippen LogP contribution in [-0.2, 0) is 21.2 Å². The maximum atomic E-state index is 13.1. The summed E-state index contributed by atoms with van der Waals surface area (Å²) in [6, 6.07) is 13.0. The maximum absolute atomic E-state index is 13.1. The molecule has 7 nitrogen and oxygen atoms in total. The van der Waals surface area contributed by atoms with E-state index in [0.29, 0.717) is 44.0 Å². The van der Waals surface area contributed by atoms with Crippen molar-refractivity contribution in [1.29, 1.82) is 0 Å². The zero-order valence-corrected chi connectivity index (χ0v) is 19.6. The molecule has 2 aromatic rings. The van der Waals surface area contributed by atoms with Crippen molar-refractivity contribution >= 4 is 15.9 Å². The summed E-state index contributed by atoms with van der Waals surface area (Å²) in [4.78, 5) is 15.4. The fourth-order valence-corrected chi connectivity index (χ4v) is 6.50. The number of aryl methyl sites for hydroxylation is 1. The SMILES string of the molecule is O=C(CCc1ccc(S(=O)(=O)N2CCCC2)cc1)N1CCCC1c1ccc2c(c1)OCCO2. The topological polar surface area (TPSA) is 76.2 Å². The fourth-order valence-electron chi connectivity index (χ4n) is 4.98. The Bertz CT molecular complexity index is 1110. The van der Waals surface area contributed by atoms with Crippen molar-refractivity contribution in [2.24, 2.45) is 0 Å². The van der Waals surface area contributed by atoms with E-state index in [-0.39, 0.29) is 11.9 Å². The van der Waals surface area contributed by atoms with Crippen LogP contribution in [0.25, 0.3) is 0 Å². The number of fused-ring (bicyclic) bond motifs is 1. The monoisotopic (exact) mass is 470 g/mol. The molecule has 3 heterocycles. The smallest absolute Gasteiger partial charge is 0.243 e. The minimum Gasteiger partial charge on any atom is -0.486 e. The minimum atomic E-state index is -3.41. The molecule has 0 aliphatic carbocycles. The van der Waals surface area contributed by atoms with Crippen LogP contribution < -0.4 is 9.47 Å². The lowest BCUT2D eigenvalue weighted by molar-refractivity contribution is -0.132. The summed E-state index contributed by atoms with van der Waals surface area (Å²) in [6.45, 7) is 3.05. The molecule has 1 unspecified atom stereocenters. The van der Waals surface area contributed by atoms with Crippen molar-refractivity contribution in [2.45, 2.75) is 49.5 Å². The van der Waals surface area contributed by atoms with E-state index in [1.165, 1.54) is 0 Å².